The Kier molecular flexibility index (Phi) is 6.73. The van der Waals surface area contributed by atoms with E-state index in [2.05, 4.69) is 4.98 Å². The molecule has 1 aliphatic rings. The van der Waals surface area contributed by atoms with Crippen LogP contribution in [0.4, 0.5) is 0 Å². The van der Waals surface area contributed by atoms with Crippen LogP contribution in [0, 0.1) is 4.64 Å². The predicted molar refractivity (Wildman–Crippen MR) is 92.5 cm³/mol. The van der Waals surface area contributed by atoms with Gasteiger partial charge in [-0.15, -0.1) is 0 Å². The molecule has 1 aromatic heterocycles. The van der Waals surface area contributed by atoms with Crippen LogP contribution in [0.2, 0.25) is 5.02 Å². The fourth-order valence-corrected chi connectivity index (χ4v) is 2.86. The third-order valence-corrected chi connectivity index (χ3v) is 4.26. The van der Waals surface area contributed by atoms with Crippen molar-refractivity contribution in [2.75, 3.05) is 6.61 Å². The molecule has 148 valence electrons. The van der Waals surface area contributed by atoms with Gasteiger partial charge in [0.25, 0.3) is 0 Å². The lowest BCUT2D eigenvalue weighted by Gasteiger charge is -2.24. The maximum atomic E-state index is 12.3. The van der Waals surface area contributed by atoms with E-state index in [0.717, 1.165) is 18.4 Å². The summed E-state index contributed by atoms with van der Waals surface area (Å²) in [6, 6.07) is 0. The highest BCUT2D eigenvalue weighted by Gasteiger charge is 2.50. The molecular weight excluding hydrogens is 404 g/mol. The Morgan fingerprint density at radius 1 is 1.19 bits per heavy atom. The van der Waals surface area contributed by atoms with Crippen LogP contribution in [0.5, 0.6) is 0 Å². The maximum Gasteiger partial charge on any atom is 0.328 e. The number of H-pyrrole nitrogens is 1. The summed E-state index contributed by atoms with van der Waals surface area (Å²) < 4.78 is 22.1. The SMILES string of the molecule is CC(=O)OC[C@H]1O[C@@H](n2cc(Cl)c(=S)[nH]c2=O)[C@H](OC(C)=O)[C@@H]1OC(C)=O. The number of nitrogens with one attached hydrogen (secondary N) is 1. The van der Waals surface area contributed by atoms with Gasteiger partial charge >= 0.3 is 23.6 Å². The molecule has 0 unspecified atom stereocenters. The first-order valence-electron chi connectivity index (χ1n) is 7.74. The molecule has 0 spiro atoms. The summed E-state index contributed by atoms with van der Waals surface area (Å²) in [7, 11) is 0. The zero-order chi connectivity index (χ0) is 20.3. The Balaban J connectivity index is 2.47. The van der Waals surface area contributed by atoms with E-state index >= 15 is 0 Å². The molecule has 0 bridgehead atoms. The molecule has 1 fully saturated rings. The first-order chi connectivity index (χ1) is 12.6. The number of aromatic nitrogens is 2. The van der Waals surface area contributed by atoms with Gasteiger partial charge in [-0.05, 0) is 0 Å². The number of ether oxygens (including phenoxy) is 4. The van der Waals surface area contributed by atoms with Gasteiger partial charge in [-0.2, -0.15) is 0 Å². The number of nitrogens with zero attached hydrogens (tertiary/aromatic N) is 1. The van der Waals surface area contributed by atoms with Crippen LogP contribution in [0.3, 0.4) is 0 Å². The Hall–Kier alpha value is -2.24. The first-order valence-corrected chi connectivity index (χ1v) is 8.53. The third-order valence-electron chi connectivity index (χ3n) is 3.54. The zero-order valence-electron chi connectivity index (χ0n) is 14.6. The van der Waals surface area contributed by atoms with E-state index in [4.69, 9.17) is 42.8 Å². The van der Waals surface area contributed by atoms with Crippen molar-refractivity contribution >= 4 is 41.7 Å². The van der Waals surface area contributed by atoms with Gasteiger partial charge in [-0.25, -0.2) is 4.79 Å². The van der Waals surface area contributed by atoms with Crippen molar-refractivity contribution < 1.29 is 33.3 Å². The van der Waals surface area contributed by atoms with Crippen LogP contribution in [-0.4, -0.2) is 52.4 Å². The fourth-order valence-electron chi connectivity index (χ4n) is 2.57. The monoisotopic (exact) mass is 420 g/mol. The lowest BCUT2D eigenvalue weighted by atomic mass is 10.1. The maximum absolute atomic E-state index is 12.3. The molecule has 0 aliphatic carbocycles. The van der Waals surface area contributed by atoms with Crippen molar-refractivity contribution in [2.45, 2.75) is 45.3 Å². The molecule has 1 aliphatic heterocycles. The molecule has 0 amide bonds. The molecule has 2 rings (SSSR count). The molecule has 0 saturated carbocycles. The van der Waals surface area contributed by atoms with Gasteiger partial charge in [0.2, 0.25) is 0 Å². The number of hydrogen-bond donors (Lipinski definition) is 1. The summed E-state index contributed by atoms with van der Waals surface area (Å²) in [5, 5.41) is 0.0576. The number of hydrogen-bond acceptors (Lipinski definition) is 9. The van der Waals surface area contributed by atoms with E-state index in [1.807, 2.05) is 0 Å². The van der Waals surface area contributed by atoms with Crippen molar-refractivity contribution in [2.24, 2.45) is 0 Å². The summed E-state index contributed by atoms with van der Waals surface area (Å²) in [6.45, 7) is 3.21. The third kappa shape index (κ3) is 5.15. The van der Waals surface area contributed by atoms with Crippen LogP contribution in [-0.2, 0) is 33.3 Å². The van der Waals surface area contributed by atoms with E-state index in [1.54, 1.807) is 0 Å². The van der Waals surface area contributed by atoms with Crippen molar-refractivity contribution in [1.29, 1.82) is 0 Å². The standard InChI is InChI=1S/C15H17ClN2O8S/c1-6(19)23-5-10-11(24-7(2)20)12(25-8(3)21)14(26-10)18-4-9(16)13(27)17-15(18)22/h4,10-12,14H,5H2,1-3H3,(H,17,22,27)/t10-,11-,12-,14-/m1/s1. The average Bonchev–Trinajstić information content (AvgIpc) is 2.85. The lowest BCUT2D eigenvalue weighted by molar-refractivity contribution is -0.166. The molecule has 0 radical (unpaired) electrons. The second kappa shape index (κ2) is 8.63. The van der Waals surface area contributed by atoms with E-state index in [-0.39, 0.29) is 16.3 Å². The van der Waals surface area contributed by atoms with Gasteiger partial charge in [0.1, 0.15) is 17.4 Å². The van der Waals surface area contributed by atoms with E-state index < -0.39 is 48.1 Å². The van der Waals surface area contributed by atoms with Crippen molar-refractivity contribution in [1.82, 2.24) is 9.55 Å². The number of carbonyl (C=O) groups is 3. The van der Waals surface area contributed by atoms with E-state index in [1.165, 1.54) is 13.1 Å². The van der Waals surface area contributed by atoms with Gasteiger partial charge in [0.05, 0.1) is 5.02 Å². The molecule has 1 aromatic rings. The number of halogens is 1. The van der Waals surface area contributed by atoms with Gasteiger partial charge < -0.3 is 18.9 Å². The van der Waals surface area contributed by atoms with E-state index in [0.29, 0.717) is 0 Å². The van der Waals surface area contributed by atoms with Crippen molar-refractivity contribution in [3.63, 3.8) is 0 Å². The Labute approximate surface area is 163 Å². The normalized spacial score (nSPS) is 24.3. The molecule has 2 heterocycles. The molecule has 0 aromatic carbocycles. The summed E-state index contributed by atoms with van der Waals surface area (Å²) in [6.07, 6.45) is -3.28. The Bertz CT molecular complexity index is 866. The summed E-state index contributed by atoms with van der Waals surface area (Å²) in [4.78, 5) is 48.8. The number of esters is 3. The minimum atomic E-state index is -1.20. The van der Waals surface area contributed by atoms with Gasteiger partial charge in [0, 0.05) is 27.0 Å². The highest BCUT2D eigenvalue weighted by molar-refractivity contribution is 7.71. The molecule has 27 heavy (non-hydrogen) atoms. The predicted octanol–water partition coefficient (Wildman–Crippen LogP) is 0.883. The quantitative estimate of drug-likeness (QED) is 0.419. The molecule has 1 saturated heterocycles. The number of carbonyl (C=O) groups excluding carboxylic acids is 3. The number of rotatable bonds is 5. The van der Waals surface area contributed by atoms with E-state index in [9.17, 15) is 19.2 Å². The topological polar surface area (TPSA) is 126 Å². The van der Waals surface area contributed by atoms with Crippen LogP contribution in [0.25, 0.3) is 0 Å². The summed E-state index contributed by atoms with van der Waals surface area (Å²) >= 11 is 10.9. The van der Waals surface area contributed by atoms with Gasteiger partial charge in [-0.3, -0.25) is 23.9 Å². The van der Waals surface area contributed by atoms with Gasteiger partial charge in [-0.1, -0.05) is 23.8 Å². The minimum Gasteiger partial charge on any atom is -0.463 e. The average molecular weight is 421 g/mol. The van der Waals surface area contributed by atoms with Gasteiger partial charge in [0.15, 0.2) is 18.4 Å². The molecule has 4 atom stereocenters. The number of aromatic amines is 1. The minimum absolute atomic E-state index is 0.0212. The highest BCUT2D eigenvalue weighted by atomic mass is 35.5. The smallest absolute Gasteiger partial charge is 0.328 e. The van der Waals surface area contributed by atoms with Crippen LogP contribution >= 0.6 is 23.8 Å². The molecule has 1 N–H and O–H groups in total. The molecule has 10 nitrogen and oxygen atoms in total. The second-order valence-corrected chi connectivity index (χ2v) is 6.47. The van der Waals surface area contributed by atoms with Crippen molar-refractivity contribution in [3.05, 3.63) is 26.3 Å². The van der Waals surface area contributed by atoms with Crippen LogP contribution in [0.15, 0.2) is 11.0 Å². The Morgan fingerprint density at radius 2 is 1.78 bits per heavy atom. The summed E-state index contributed by atoms with van der Waals surface area (Å²) in [5.74, 6) is -1.95. The van der Waals surface area contributed by atoms with Crippen LogP contribution in [0.1, 0.15) is 27.0 Å². The largest absolute Gasteiger partial charge is 0.463 e. The van der Waals surface area contributed by atoms with Crippen LogP contribution < -0.4 is 5.69 Å². The Morgan fingerprint density at radius 3 is 2.33 bits per heavy atom. The zero-order valence-corrected chi connectivity index (χ0v) is 16.2. The second-order valence-electron chi connectivity index (χ2n) is 5.66. The molecule has 12 heteroatoms. The van der Waals surface area contributed by atoms with Crippen molar-refractivity contribution in [3.8, 4) is 0 Å². The summed E-state index contributed by atoms with van der Waals surface area (Å²) in [5.41, 5.74) is -0.679. The lowest BCUT2D eigenvalue weighted by Crippen LogP contribution is -2.41. The first kappa shape index (κ1) is 21.1. The highest BCUT2D eigenvalue weighted by Crippen LogP contribution is 2.34. The molecular formula is C15H17ClN2O8S. The fraction of sp³-hybridized carbons (Fsp3) is 0.533.